The van der Waals surface area contributed by atoms with Crippen molar-refractivity contribution in [2.24, 2.45) is 0 Å². The minimum Gasteiger partial charge on any atom is -0.389 e. The Hall–Kier alpha value is -1.01. The lowest BCUT2D eigenvalue weighted by atomic mass is 10.2. The van der Waals surface area contributed by atoms with Gasteiger partial charge in [0, 0.05) is 20.2 Å². The molecule has 2 atom stereocenters. The molecule has 1 aromatic rings. The summed E-state index contributed by atoms with van der Waals surface area (Å²) < 4.78 is 23.5. The Kier molecular flexibility index (Phi) is 7.69. The topological polar surface area (TPSA) is 41.9 Å². The number of hydrogen-bond donors (Lipinski definition) is 1. The fourth-order valence-electron chi connectivity index (χ4n) is 1.98. The molecule has 1 rings (SSSR count). The molecule has 0 aromatic heterocycles. The summed E-state index contributed by atoms with van der Waals surface area (Å²) in [5.74, 6) is -0.242. The zero-order valence-electron chi connectivity index (χ0n) is 12.4. The predicted octanol–water partition coefficient (Wildman–Crippen LogP) is 1.67. The van der Waals surface area contributed by atoms with E-state index < -0.39 is 6.10 Å². The molecule has 5 heteroatoms. The third-order valence-electron chi connectivity index (χ3n) is 2.84. The summed E-state index contributed by atoms with van der Waals surface area (Å²) in [5.41, 5.74) is 0.883. The molecule has 114 valence electrons. The Bertz CT molecular complexity index is 389. The molecule has 4 nitrogen and oxygen atoms in total. The number of methoxy groups -OCH3 is 1. The molecule has 0 heterocycles. The van der Waals surface area contributed by atoms with Crippen LogP contribution in [0.2, 0.25) is 0 Å². The SMILES string of the molecule is COCC(C)OCC(O)CN(C)Cc1cccc(F)c1. The average Bonchev–Trinajstić information content (AvgIpc) is 2.36. The summed E-state index contributed by atoms with van der Waals surface area (Å²) in [6.07, 6.45) is -0.615. The van der Waals surface area contributed by atoms with Gasteiger partial charge < -0.3 is 14.6 Å². The van der Waals surface area contributed by atoms with Crippen molar-refractivity contribution in [3.05, 3.63) is 35.6 Å². The van der Waals surface area contributed by atoms with Crippen molar-refractivity contribution in [2.45, 2.75) is 25.7 Å². The van der Waals surface area contributed by atoms with Gasteiger partial charge in [0.15, 0.2) is 0 Å². The number of benzene rings is 1. The van der Waals surface area contributed by atoms with Gasteiger partial charge in [0.05, 0.1) is 25.4 Å². The number of aliphatic hydroxyl groups excluding tert-OH is 1. The third kappa shape index (κ3) is 6.96. The molecule has 0 fully saturated rings. The Labute approximate surface area is 120 Å². The molecule has 1 aromatic carbocycles. The smallest absolute Gasteiger partial charge is 0.123 e. The first-order valence-corrected chi connectivity index (χ1v) is 6.73. The fraction of sp³-hybridized carbons (Fsp3) is 0.600. The normalized spacial score (nSPS) is 14.5. The monoisotopic (exact) mass is 285 g/mol. The molecular formula is C15H24FNO3. The van der Waals surface area contributed by atoms with Gasteiger partial charge >= 0.3 is 0 Å². The Morgan fingerprint density at radius 2 is 2.10 bits per heavy atom. The van der Waals surface area contributed by atoms with Gasteiger partial charge in [0.25, 0.3) is 0 Å². The first kappa shape index (κ1) is 17.0. The van der Waals surface area contributed by atoms with Crippen molar-refractivity contribution in [3.8, 4) is 0 Å². The second kappa shape index (κ2) is 9.02. The van der Waals surface area contributed by atoms with Gasteiger partial charge in [-0.3, -0.25) is 4.90 Å². The summed E-state index contributed by atoms with van der Waals surface area (Å²) >= 11 is 0. The molecule has 0 aliphatic heterocycles. The van der Waals surface area contributed by atoms with Gasteiger partial charge in [-0.1, -0.05) is 12.1 Å². The van der Waals surface area contributed by atoms with Crippen LogP contribution < -0.4 is 0 Å². The maximum Gasteiger partial charge on any atom is 0.123 e. The van der Waals surface area contributed by atoms with Crippen LogP contribution >= 0.6 is 0 Å². The number of hydrogen-bond acceptors (Lipinski definition) is 4. The lowest BCUT2D eigenvalue weighted by molar-refractivity contribution is -0.0385. The maximum absolute atomic E-state index is 13.1. The molecule has 0 radical (unpaired) electrons. The van der Waals surface area contributed by atoms with Gasteiger partial charge in [0.1, 0.15) is 5.82 Å². The molecule has 0 aliphatic carbocycles. The highest BCUT2D eigenvalue weighted by atomic mass is 19.1. The number of rotatable bonds is 9. The Balaban J connectivity index is 2.29. The minimum absolute atomic E-state index is 0.0387. The second-order valence-corrected chi connectivity index (χ2v) is 5.08. The van der Waals surface area contributed by atoms with E-state index in [-0.39, 0.29) is 18.5 Å². The minimum atomic E-state index is -0.576. The van der Waals surface area contributed by atoms with Crippen LogP contribution in [0.15, 0.2) is 24.3 Å². The summed E-state index contributed by atoms with van der Waals surface area (Å²) in [5, 5.41) is 9.89. The highest BCUT2D eigenvalue weighted by Gasteiger charge is 2.11. The van der Waals surface area contributed by atoms with Crippen LogP contribution in [-0.2, 0) is 16.0 Å². The second-order valence-electron chi connectivity index (χ2n) is 5.08. The van der Waals surface area contributed by atoms with Crippen molar-refractivity contribution in [2.75, 3.05) is 33.9 Å². The van der Waals surface area contributed by atoms with Crippen molar-refractivity contribution < 1.29 is 19.0 Å². The molecule has 2 unspecified atom stereocenters. The quantitative estimate of drug-likeness (QED) is 0.749. The van der Waals surface area contributed by atoms with E-state index in [9.17, 15) is 9.50 Å². The highest BCUT2D eigenvalue weighted by Crippen LogP contribution is 2.07. The molecule has 0 spiro atoms. The maximum atomic E-state index is 13.1. The number of halogens is 1. The van der Waals surface area contributed by atoms with E-state index >= 15 is 0 Å². The van der Waals surface area contributed by atoms with Crippen LogP contribution in [0, 0.1) is 5.82 Å². The number of likely N-dealkylation sites (N-methyl/N-ethyl adjacent to an activating group) is 1. The largest absolute Gasteiger partial charge is 0.389 e. The fourth-order valence-corrected chi connectivity index (χ4v) is 1.98. The van der Waals surface area contributed by atoms with Crippen molar-refractivity contribution >= 4 is 0 Å². The Morgan fingerprint density at radius 3 is 2.75 bits per heavy atom. The zero-order valence-corrected chi connectivity index (χ0v) is 12.4. The Morgan fingerprint density at radius 1 is 1.35 bits per heavy atom. The molecular weight excluding hydrogens is 261 g/mol. The van der Waals surface area contributed by atoms with Gasteiger partial charge in [-0.15, -0.1) is 0 Å². The first-order chi connectivity index (χ1) is 9.51. The van der Waals surface area contributed by atoms with E-state index in [2.05, 4.69) is 0 Å². The zero-order chi connectivity index (χ0) is 15.0. The van der Waals surface area contributed by atoms with Crippen LogP contribution in [-0.4, -0.2) is 56.1 Å². The van der Waals surface area contributed by atoms with E-state index in [1.807, 2.05) is 24.9 Å². The highest BCUT2D eigenvalue weighted by molar-refractivity contribution is 5.16. The van der Waals surface area contributed by atoms with E-state index in [1.54, 1.807) is 13.2 Å². The van der Waals surface area contributed by atoms with Crippen LogP contribution in [0.1, 0.15) is 12.5 Å². The van der Waals surface area contributed by atoms with Crippen LogP contribution in [0.25, 0.3) is 0 Å². The van der Waals surface area contributed by atoms with Crippen molar-refractivity contribution in [1.82, 2.24) is 4.90 Å². The van der Waals surface area contributed by atoms with Gasteiger partial charge in [-0.05, 0) is 31.7 Å². The molecule has 20 heavy (non-hydrogen) atoms. The van der Waals surface area contributed by atoms with Gasteiger partial charge in [-0.25, -0.2) is 4.39 Å². The summed E-state index contributed by atoms with van der Waals surface area (Å²) in [6.45, 7) is 3.72. The van der Waals surface area contributed by atoms with E-state index in [0.717, 1.165) is 5.56 Å². The van der Waals surface area contributed by atoms with Crippen LogP contribution in [0.5, 0.6) is 0 Å². The van der Waals surface area contributed by atoms with Gasteiger partial charge in [-0.2, -0.15) is 0 Å². The average molecular weight is 285 g/mol. The summed E-state index contributed by atoms with van der Waals surface area (Å²) in [4.78, 5) is 1.93. The summed E-state index contributed by atoms with van der Waals surface area (Å²) in [6, 6.07) is 6.47. The van der Waals surface area contributed by atoms with Crippen molar-refractivity contribution in [3.63, 3.8) is 0 Å². The van der Waals surface area contributed by atoms with E-state index in [0.29, 0.717) is 19.7 Å². The lowest BCUT2D eigenvalue weighted by Gasteiger charge is -2.22. The standard InChI is InChI=1S/C15H24FNO3/c1-12(10-19-3)20-11-15(18)9-17(2)8-13-5-4-6-14(16)7-13/h4-7,12,15,18H,8-11H2,1-3H3. The van der Waals surface area contributed by atoms with E-state index in [4.69, 9.17) is 9.47 Å². The van der Waals surface area contributed by atoms with Gasteiger partial charge in [0.2, 0.25) is 0 Å². The lowest BCUT2D eigenvalue weighted by Crippen LogP contribution is -2.33. The molecule has 0 bridgehead atoms. The molecule has 0 aliphatic rings. The number of aliphatic hydroxyl groups is 1. The third-order valence-corrected chi connectivity index (χ3v) is 2.84. The predicted molar refractivity (Wildman–Crippen MR) is 76.0 cm³/mol. The van der Waals surface area contributed by atoms with Crippen LogP contribution in [0.3, 0.4) is 0 Å². The molecule has 0 saturated carbocycles. The van der Waals surface area contributed by atoms with E-state index in [1.165, 1.54) is 12.1 Å². The molecule has 0 saturated heterocycles. The molecule has 0 amide bonds. The van der Waals surface area contributed by atoms with Crippen LogP contribution in [0.4, 0.5) is 4.39 Å². The number of ether oxygens (including phenoxy) is 2. The van der Waals surface area contributed by atoms with Crippen molar-refractivity contribution in [1.29, 1.82) is 0 Å². The summed E-state index contributed by atoms with van der Waals surface area (Å²) in [7, 11) is 3.50. The first-order valence-electron chi connectivity index (χ1n) is 6.73. The molecule has 1 N–H and O–H groups in total. The number of nitrogens with zero attached hydrogens (tertiary/aromatic N) is 1.